The quantitative estimate of drug-likeness (QED) is 0.900. The first-order valence-corrected chi connectivity index (χ1v) is 6.05. The maximum Gasteiger partial charge on any atom is 0.266 e. The number of benzene rings is 1. The van der Waals surface area contributed by atoms with Crippen LogP contribution in [0, 0.1) is 24.1 Å². The number of aryl methyl sites for hydroxylation is 1. The van der Waals surface area contributed by atoms with Gasteiger partial charge in [-0.15, -0.1) is 11.3 Å². The van der Waals surface area contributed by atoms with Crippen LogP contribution in [0.3, 0.4) is 0 Å². The number of amides is 1. The van der Waals surface area contributed by atoms with Crippen molar-refractivity contribution in [1.29, 1.82) is 5.26 Å². The molecule has 0 saturated carbocycles. The molecule has 1 aromatic carbocycles. The summed E-state index contributed by atoms with van der Waals surface area (Å²) in [5.41, 5.74) is 1.30. The zero-order chi connectivity index (χ0) is 13.1. The third kappa shape index (κ3) is 2.39. The van der Waals surface area contributed by atoms with Gasteiger partial charge in [-0.05, 0) is 42.1 Å². The fourth-order valence-electron chi connectivity index (χ4n) is 1.50. The maximum atomic E-state index is 12.9. The molecule has 0 atom stereocenters. The number of carbonyl (C=O) groups excluding carboxylic acids is 1. The third-order valence-electron chi connectivity index (χ3n) is 2.42. The first kappa shape index (κ1) is 12.3. The van der Waals surface area contributed by atoms with E-state index in [2.05, 4.69) is 5.32 Å². The highest BCUT2D eigenvalue weighted by atomic mass is 32.1. The first-order valence-electron chi connectivity index (χ1n) is 5.17. The van der Waals surface area contributed by atoms with Crippen molar-refractivity contribution >= 4 is 22.9 Å². The van der Waals surface area contributed by atoms with Crippen LogP contribution in [0.2, 0.25) is 0 Å². The van der Waals surface area contributed by atoms with Crippen LogP contribution in [0.25, 0.3) is 0 Å². The fraction of sp³-hybridized carbons (Fsp3) is 0.0769. The lowest BCUT2D eigenvalue weighted by atomic mass is 10.2. The molecule has 0 unspecified atom stereocenters. The Morgan fingerprint density at radius 1 is 1.44 bits per heavy atom. The lowest BCUT2D eigenvalue weighted by Gasteiger charge is -2.06. The van der Waals surface area contributed by atoms with Gasteiger partial charge in [-0.25, -0.2) is 4.39 Å². The zero-order valence-electron chi connectivity index (χ0n) is 9.53. The number of carbonyl (C=O) groups is 1. The van der Waals surface area contributed by atoms with E-state index in [0.29, 0.717) is 10.6 Å². The number of nitrogens with zero attached hydrogens (tertiary/aromatic N) is 1. The minimum Gasteiger partial charge on any atom is -0.320 e. The average molecular weight is 260 g/mol. The lowest BCUT2D eigenvalue weighted by Crippen LogP contribution is -2.12. The molecule has 0 saturated heterocycles. The number of anilines is 1. The van der Waals surface area contributed by atoms with Crippen molar-refractivity contribution in [3.8, 4) is 6.07 Å². The number of halogens is 1. The summed E-state index contributed by atoms with van der Waals surface area (Å²) in [4.78, 5) is 12.5. The number of thiophene rings is 1. The molecule has 3 nitrogen and oxygen atoms in total. The SMILES string of the molecule is Cc1ccsc1C(=O)Nc1ccc(F)cc1C#N. The van der Waals surface area contributed by atoms with Crippen LogP contribution in [0.4, 0.5) is 10.1 Å². The molecule has 2 aromatic rings. The van der Waals surface area contributed by atoms with Gasteiger partial charge in [0.1, 0.15) is 11.9 Å². The summed E-state index contributed by atoms with van der Waals surface area (Å²) in [5, 5.41) is 13.3. The Bertz CT molecular complexity index is 643. The van der Waals surface area contributed by atoms with E-state index in [9.17, 15) is 9.18 Å². The second-order valence-corrected chi connectivity index (χ2v) is 4.60. The average Bonchev–Trinajstić information content (AvgIpc) is 2.77. The van der Waals surface area contributed by atoms with Crippen LogP contribution in [0.5, 0.6) is 0 Å². The summed E-state index contributed by atoms with van der Waals surface area (Å²) >= 11 is 1.32. The Morgan fingerprint density at radius 2 is 2.22 bits per heavy atom. The van der Waals surface area contributed by atoms with E-state index in [4.69, 9.17) is 5.26 Å². The van der Waals surface area contributed by atoms with Crippen LogP contribution in [0.15, 0.2) is 29.6 Å². The normalized spacial score (nSPS) is 9.83. The number of nitriles is 1. The molecule has 0 aliphatic rings. The van der Waals surface area contributed by atoms with E-state index in [1.807, 2.05) is 24.4 Å². The van der Waals surface area contributed by atoms with Gasteiger partial charge in [0, 0.05) is 0 Å². The molecule has 1 aromatic heterocycles. The van der Waals surface area contributed by atoms with Crippen molar-refractivity contribution in [2.45, 2.75) is 6.92 Å². The topological polar surface area (TPSA) is 52.9 Å². The molecular formula is C13H9FN2OS. The van der Waals surface area contributed by atoms with E-state index in [1.54, 1.807) is 0 Å². The minimum atomic E-state index is -0.503. The van der Waals surface area contributed by atoms with E-state index in [1.165, 1.54) is 23.5 Å². The minimum absolute atomic E-state index is 0.109. The molecule has 0 bridgehead atoms. The summed E-state index contributed by atoms with van der Waals surface area (Å²) in [5.74, 6) is -0.789. The maximum absolute atomic E-state index is 12.9. The fourth-order valence-corrected chi connectivity index (χ4v) is 2.32. The second kappa shape index (κ2) is 4.98. The molecular weight excluding hydrogens is 251 g/mol. The number of hydrogen-bond acceptors (Lipinski definition) is 3. The van der Waals surface area contributed by atoms with Crippen LogP contribution in [0.1, 0.15) is 20.8 Å². The van der Waals surface area contributed by atoms with Crippen molar-refractivity contribution in [2.75, 3.05) is 5.32 Å². The van der Waals surface area contributed by atoms with Gasteiger partial charge in [-0.3, -0.25) is 4.79 Å². The van der Waals surface area contributed by atoms with Crippen LogP contribution in [-0.2, 0) is 0 Å². The van der Waals surface area contributed by atoms with E-state index in [-0.39, 0.29) is 11.5 Å². The Balaban J connectivity index is 2.28. The molecule has 0 radical (unpaired) electrons. The summed E-state index contributed by atoms with van der Waals surface area (Å²) < 4.78 is 12.9. The highest BCUT2D eigenvalue weighted by molar-refractivity contribution is 7.12. The van der Waals surface area contributed by atoms with Crippen molar-refractivity contribution in [3.05, 3.63) is 51.5 Å². The molecule has 0 aliphatic carbocycles. The second-order valence-electron chi connectivity index (χ2n) is 3.69. The third-order valence-corrected chi connectivity index (χ3v) is 3.43. The molecule has 0 fully saturated rings. The summed E-state index contributed by atoms with van der Waals surface area (Å²) in [6, 6.07) is 7.38. The molecule has 1 N–H and O–H groups in total. The van der Waals surface area contributed by atoms with Gasteiger partial charge < -0.3 is 5.32 Å². The summed E-state index contributed by atoms with van der Waals surface area (Å²) in [7, 11) is 0. The standard InChI is InChI=1S/C13H9FN2OS/c1-8-4-5-18-12(8)13(17)16-11-3-2-10(14)6-9(11)7-15/h2-6H,1H3,(H,16,17). The van der Waals surface area contributed by atoms with E-state index < -0.39 is 5.82 Å². The predicted octanol–water partition coefficient (Wildman–Crippen LogP) is 3.32. The predicted molar refractivity (Wildman–Crippen MR) is 68.1 cm³/mol. The van der Waals surface area contributed by atoms with Crippen molar-refractivity contribution < 1.29 is 9.18 Å². The smallest absolute Gasteiger partial charge is 0.266 e. The molecule has 90 valence electrons. The van der Waals surface area contributed by atoms with E-state index in [0.717, 1.165) is 11.6 Å². The first-order chi connectivity index (χ1) is 8.61. The van der Waals surface area contributed by atoms with Gasteiger partial charge in [0.05, 0.1) is 16.1 Å². The van der Waals surface area contributed by atoms with Crippen molar-refractivity contribution in [2.24, 2.45) is 0 Å². The van der Waals surface area contributed by atoms with E-state index >= 15 is 0 Å². The largest absolute Gasteiger partial charge is 0.320 e. The van der Waals surface area contributed by atoms with Crippen LogP contribution < -0.4 is 5.32 Å². The number of hydrogen-bond donors (Lipinski definition) is 1. The molecule has 5 heteroatoms. The lowest BCUT2D eigenvalue weighted by molar-refractivity contribution is 0.103. The molecule has 18 heavy (non-hydrogen) atoms. The summed E-state index contributed by atoms with van der Waals surface area (Å²) in [6.45, 7) is 1.83. The Morgan fingerprint density at radius 3 is 2.83 bits per heavy atom. The number of rotatable bonds is 2. The van der Waals surface area contributed by atoms with Gasteiger partial charge in [-0.1, -0.05) is 0 Å². The molecule has 2 rings (SSSR count). The highest BCUT2D eigenvalue weighted by Gasteiger charge is 2.13. The number of nitrogens with one attached hydrogen (secondary N) is 1. The van der Waals surface area contributed by atoms with Crippen LogP contribution in [-0.4, -0.2) is 5.91 Å². The summed E-state index contributed by atoms with van der Waals surface area (Å²) in [6.07, 6.45) is 0. The van der Waals surface area contributed by atoms with Crippen molar-refractivity contribution in [3.63, 3.8) is 0 Å². The molecule has 1 amide bonds. The Kier molecular flexibility index (Phi) is 3.40. The monoisotopic (exact) mass is 260 g/mol. The molecule has 0 aliphatic heterocycles. The van der Waals surface area contributed by atoms with Crippen molar-refractivity contribution in [1.82, 2.24) is 0 Å². The van der Waals surface area contributed by atoms with Gasteiger partial charge in [0.25, 0.3) is 5.91 Å². The van der Waals surface area contributed by atoms with Gasteiger partial charge >= 0.3 is 0 Å². The highest BCUT2D eigenvalue weighted by Crippen LogP contribution is 2.20. The zero-order valence-corrected chi connectivity index (χ0v) is 10.3. The van der Waals surface area contributed by atoms with Gasteiger partial charge in [0.2, 0.25) is 0 Å². The molecule has 0 spiro atoms. The Hall–Kier alpha value is -2.19. The molecule has 1 heterocycles. The van der Waals surface area contributed by atoms with Crippen LogP contribution >= 0.6 is 11.3 Å². The Labute approximate surface area is 107 Å². The van der Waals surface area contributed by atoms with Gasteiger partial charge in [-0.2, -0.15) is 5.26 Å². The van der Waals surface area contributed by atoms with Gasteiger partial charge in [0.15, 0.2) is 0 Å².